The van der Waals surface area contributed by atoms with E-state index in [1.165, 1.54) is 0 Å². The number of likely N-dealkylation sites (tertiary alicyclic amines) is 1. The molecule has 1 saturated heterocycles. The maximum absolute atomic E-state index is 12.5. The van der Waals surface area contributed by atoms with Crippen molar-refractivity contribution in [3.8, 4) is 6.07 Å². The Morgan fingerprint density at radius 2 is 2.17 bits per heavy atom. The van der Waals surface area contributed by atoms with Gasteiger partial charge in [0.05, 0.1) is 6.07 Å². The number of rotatable bonds is 2. The quantitative estimate of drug-likeness (QED) is 0.744. The lowest BCUT2D eigenvalue weighted by Crippen LogP contribution is -2.54. The molecule has 0 aromatic carbocycles. The van der Waals surface area contributed by atoms with Gasteiger partial charge in [0.15, 0.2) is 0 Å². The average molecular weight is 249 g/mol. The van der Waals surface area contributed by atoms with Crippen LogP contribution in [0.4, 0.5) is 0 Å². The van der Waals surface area contributed by atoms with E-state index < -0.39 is 5.41 Å². The summed E-state index contributed by atoms with van der Waals surface area (Å²) in [6, 6.07) is 2.55. The molecule has 0 bridgehead atoms. The van der Waals surface area contributed by atoms with Crippen LogP contribution >= 0.6 is 0 Å². The lowest BCUT2D eigenvalue weighted by atomic mass is 9.62. The standard InChI is InChI=1S/C14H23N3O/c1-11-7-14(8-11,10-15)13(18)17(3)12-5-4-6-16(2)9-12/h11-12H,4-9H2,1-3H3. The van der Waals surface area contributed by atoms with Gasteiger partial charge in [0.1, 0.15) is 5.41 Å². The van der Waals surface area contributed by atoms with Crippen LogP contribution < -0.4 is 0 Å². The van der Waals surface area contributed by atoms with Crippen LogP contribution in [0.1, 0.15) is 32.6 Å². The molecule has 2 rings (SSSR count). The van der Waals surface area contributed by atoms with Crippen molar-refractivity contribution in [3.05, 3.63) is 0 Å². The van der Waals surface area contributed by atoms with Crippen LogP contribution in [0.15, 0.2) is 0 Å². The molecule has 1 saturated carbocycles. The lowest BCUT2D eigenvalue weighted by Gasteiger charge is -2.44. The summed E-state index contributed by atoms with van der Waals surface area (Å²) in [4.78, 5) is 16.6. The first-order valence-electron chi connectivity index (χ1n) is 6.85. The molecule has 1 heterocycles. The van der Waals surface area contributed by atoms with E-state index >= 15 is 0 Å². The monoisotopic (exact) mass is 249 g/mol. The summed E-state index contributed by atoms with van der Waals surface area (Å²) in [6.07, 6.45) is 3.66. The molecule has 0 aromatic rings. The smallest absolute Gasteiger partial charge is 0.243 e. The zero-order valence-corrected chi connectivity index (χ0v) is 11.6. The van der Waals surface area contributed by atoms with Gasteiger partial charge in [0, 0.05) is 19.6 Å². The third-order valence-electron chi connectivity index (χ3n) is 4.48. The third-order valence-corrected chi connectivity index (χ3v) is 4.48. The van der Waals surface area contributed by atoms with Crippen LogP contribution in [0.25, 0.3) is 0 Å². The highest BCUT2D eigenvalue weighted by Crippen LogP contribution is 2.46. The van der Waals surface area contributed by atoms with Gasteiger partial charge in [-0.05, 0) is 45.2 Å². The Hall–Kier alpha value is -1.08. The fraction of sp³-hybridized carbons (Fsp3) is 0.857. The number of hydrogen-bond acceptors (Lipinski definition) is 3. The predicted molar refractivity (Wildman–Crippen MR) is 69.7 cm³/mol. The molecule has 1 aliphatic heterocycles. The van der Waals surface area contributed by atoms with Crippen molar-refractivity contribution in [3.63, 3.8) is 0 Å². The van der Waals surface area contributed by atoms with E-state index in [1.54, 1.807) is 0 Å². The summed E-state index contributed by atoms with van der Waals surface area (Å²) >= 11 is 0. The molecule has 1 aliphatic carbocycles. The van der Waals surface area contributed by atoms with E-state index in [-0.39, 0.29) is 11.9 Å². The van der Waals surface area contributed by atoms with Crippen LogP contribution in [0.5, 0.6) is 0 Å². The number of carbonyl (C=O) groups is 1. The molecule has 100 valence electrons. The number of amides is 1. The number of nitrogens with zero attached hydrogens (tertiary/aromatic N) is 3. The fourth-order valence-corrected chi connectivity index (χ4v) is 3.40. The Kier molecular flexibility index (Phi) is 3.63. The van der Waals surface area contributed by atoms with Crippen molar-refractivity contribution in [1.29, 1.82) is 5.26 Å². The van der Waals surface area contributed by atoms with Crippen LogP contribution in [0, 0.1) is 22.7 Å². The minimum atomic E-state index is -0.718. The zero-order chi connectivity index (χ0) is 13.3. The lowest BCUT2D eigenvalue weighted by molar-refractivity contribution is -0.147. The van der Waals surface area contributed by atoms with Crippen molar-refractivity contribution in [2.75, 3.05) is 27.2 Å². The number of carbonyl (C=O) groups excluding carboxylic acids is 1. The first-order chi connectivity index (χ1) is 8.48. The normalized spacial score (nSPS) is 36.6. The van der Waals surface area contributed by atoms with Crippen molar-refractivity contribution in [2.24, 2.45) is 11.3 Å². The Bertz CT molecular complexity index is 368. The highest BCUT2D eigenvalue weighted by Gasteiger charge is 2.51. The molecule has 1 atom stereocenters. The van der Waals surface area contributed by atoms with E-state index in [1.807, 2.05) is 11.9 Å². The molecule has 2 fully saturated rings. The van der Waals surface area contributed by atoms with Gasteiger partial charge in [-0.3, -0.25) is 4.79 Å². The summed E-state index contributed by atoms with van der Waals surface area (Å²) in [5.74, 6) is 0.555. The van der Waals surface area contributed by atoms with E-state index in [0.717, 1.165) is 38.8 Å². The van der Waals surface area contributed by atoms with Crippen molar-refractivity contribution >= 4 is 5.91 Å². The first kappa shape index (κ1) is 13.4. The van der Waals surface area contributed by atoms with Crippen LogP contribution in [0.2, 0.25) is 0 Å². The Morgan fingerprint density at radius 1 is 1.50 bits per heavy atom. The molecule has 4 nitrogen and oxygen atoms in total. The number of hydrogen-bond donors (Lipinski definition) is 0. The highest BCUT2D eigenvalue weighted by molar-refractivity contribution is 5.86. The van der Waals surface area contributed by atoms with E-state index in [4.69, 9.17) is 0 Å². The Balaban J connectivity index is 2.02. The largest absolute Gasteiger partial charge is 0.340 e. The first-order valence-corrected chi connectivity index (χ1v) is 6.85. The summed E-state index contributed by atoms with van der Waals surface area (Å²) < 4.78 is 0. The van der Waals surface area contributed by atoms with Crippen molar-refractivity contribution < 1.29 is 4.79 Å². The molecule has 0 spiro atoms. The number of nitriles is 1. The second-order valence-corrected chi connectivity index (χ2v) is 6.18. The van der Waals surface area contributed by atoms with E-state index in [0.29, 0.717) is 5.92 Å². The van der Waals surface area contributed by atoms with E-state index in [2.05, 4.69) is 24.9 Å². The van der Waals surface area contributed by atoms with Gasteiger partial charge < -0.3 is 9.80 Å². The fourth-order valence-electron chi connectivity index (χ4n) is 3.40. The molecular weight excluding hydrogens is 226 g/mol. The summed E-state index contributed by atoms with van der Waals surface area (Å²) in [5.41, 5.74) is -0.718. The van der Waals surface area contributed by atoms with Gasteiger partial charge in [-0.25, -0.2) is 0 Å². The van der Waals surface area contributed by atoms with Crippen LogP contribution in [0.3, 0.4) is 0 Å². The number of piperidine rings is 1. The molecule has 4 heteroatoms. The SMILES string of the molecule is CC1CC(C#N)(C(=O)N(C)C2CCCN(C)C2)C1. The molecule has 0 radical (unpaired) electrons. The van der Waals surface area contributed by atoms with Gasteiger partial charge in [-0.1, -0.05) is 6.92 Å². The minimum absolute atomic E-state index is 0.0448. The third kappa shape index (κ3) is 2.24. The molecule has 0 aromatic heterocycles. The molecule has 1 amide bonds. The van der Waals surface area contributed by atoms with Crippen LogP contribution in [-0.2, 0) is 4.79 Å². The van der Waals surface area contributed by atoms with Gasteiger partial charge >= 0.3 is 0 Å². The van der Waals surface area contributed by atoms with Crippen molar-refractivity contribution in [2.45, 2.75) is 38.6 Å². The molecule has 0 N–H and O–H groups in total. The average Bonchev–Trinajstić information content (AvgIpc) is 2.33. The summed E-state index contributed by atoms with van der Waals surface area (Å²) in [7, 11) is 3.96. The Labute approximate surface area is 110 Å². The van der Waals surface area contributed by atoms with Gasteiger partial charge in [-0.15, -0.1) is 0 Å². The summed E-state index contributed by atoms with van der Waals surface area (Å²) in [5, 5.41) is 9.32. The maximum Gasteiger partial charge on any atom is 0.243 e. The van der Waals surface area contributed by atoms with Crippen LogP contribution in [-0.4, -0.2) is 48.9 Å². The highest BCUT2D eigenvalue weighted by atomic mass is 16.2. The second kappa shape index (κ2) is 4.89. The summed E-state index contributed by atoms with van der Waals surface area (Å²) in [6.45, 7) is 4.15. The molecule has 2 aliphatic rings. The van der Waals surface area contributed by atoms with Gasteiger partial charge in [0.2, 0.25) is 5.91 Å². The predicted octanol–water partition coefficient (Wildman–Crippen LogP) is 1.48. The van der Waals surface area contributed by atoms with E-state index in [9.17, 15) is 10.1 Å². The second-order valence-electron chi connectivity index (χ2n) is 6.18. The number of likely N-dealkylation sites (N-methyl/N-ethyl adjacent to an activating group) is 2. The maximum atomic E-state index is 12.5. The Morgan fingerprint density at radius 3 is 2.67 bits per heavy atom. The minimum Gasteiger partial charge on any atom is -0.340 e. The van der Waals surface area contributed by atoms with Crippen molar-refractivity contribution in [1.82, 2.24) is 9.80 Å². The topological polar surface area (TPSA) is 47.3 Å². The zero-order valence-electron chi connectivity index (χ0n) is 11.6. The van der Waals surface area contributed by atoms with Gasteiger partial charge in [0.25, 0.3) is 0 Å². The molecule has 1 unspecified atom stereocenters. The van der Waals surface area contributed by atoms with Gasteiger partial charge in [-0.2, -0.15) is 5.26 Å². The molecule has 18 heavy (non-hydrogen) atoms. The molecular formula is C14H23N3O.